The van der Waals surface area contributed by atoms with Crippen molar-refractivity contribution in [2.45, 2.75) is 136 Å². The molecule has 5 rings (SSSR count). The Hall–Kier alpha value is -4.02. The zero-order valence-electron chi connectivity index (χ0n) is 38.0. The molecule has 2 saturated heterocycles. The molecule has 3 aliphatic rings. The number of hydrogen-bond acceptors (Lipinski definition) is 14. The van der Waals surface area contributed by atoms with Gasteiger partial charge in [0.15, 0.2) is 18.2 Å². The van der Waals surface area contributed by atoms with E-state index in [9.17, 15) is 19.2 Å². The third-order valence-corrected chi connectivity index (χ3v) is 12.6. The maximum absolute atomic E-state index is 14.7. The fourth-order valence-electron chi connectivity index (χ4n) is 9.17. The van der Waals surface area contributed by atoms with Gasteiger partial charge in [0, 0.05) is 50.3 Å². The predicted octanol–water partition coefficient (Wildman–Crippen LogP) is 5.73. The van der Waals surface area contributed by atoms with Gasteiger partial charge in [0.2, 0.25) is 0 Å². The topological polar surface area (TPSA) is 159 Å². The van der Waals surface area contributed by atoms with Crippen LogP contribution in [0.25, 0.3) is 0 Å². The number of Topliss-reactive ketones (excluding diaryl/α,β-unsaturated/α-hetero) is 1. The van der Waals surface area contributed by atoms with E-state index in [1.807, 2.05) is 38.9 Å². The van der Waals surface area contributed by atoms with Crippen molar-refractivity contribution in [1.82, 2.24) is 24.7 Å². The molecule has 15 heteroatoms. The second-order valence-electron chi connectivity index (χ2n) is 18.1. The van der Waals surface area contributed by atoms with Crippen LogP contribution >= 0.6 is 0 Å². The Bertz CT molecular complexity index is 1780. The van der Waals surface area contributed by atoms with Crippen molar-refractivity contribution in [1.29, 1.82) is 0 Å². The smallest absolute Gasteiger partial charge is 0.410 e. The maximum atomic E-state index is 14.7. The summed E-state index contributed by atoms with van der Waals surface area (Å²) in [4.78, 5) is 69.8. The summed E-state index contributed by atoms with van der Waals surface area (Å²) in [5.74, 6) is -2.37. The van der Waals surface area contributed by atoms with Crippen LogP contribution in [-0.2, 0) is 51.0 Å². The Labute approximate surface area is 362 Å². The first kappa shape index (κ1) is 48.0. The van der Waals surface area contributed by atoms with E-state index in [0.29, 0.717) is 57.3 Å². The van der Waals surface area contributed by atoms with E-state index in [-0.39, 0.29) is 49.2 Å². The highest BCUT2D eigenvalue weighted by Crippen LogP contribution is 2.39. The molecule has 0 spiro atoms. The van der Waals surface area contributed by atoms with Crippen molar-refractivity contribution >= 4 is 23.8 Å². The number of carbonyl (C=O) groups excluding carboxylic acids is 4. The number of rotatable bonds is 12. The molecule has 0 radical (unpaired) electrons. The molecule has 2 fully saturated rings. The number of benzene rings is 1. The van der Waals surface area contributed by atoms with Crippen LogP contribution in [0.2, 0.25) is 0 Å². The van der Waals surface area contributed by atoms with Gasteiger partial charge in [0.05, 0.1) is 48.3 Å². The normalized spacial score (nSPS) is 30.3. The van der Waals surface area contributed by atoms with Crippen LogP contribution in [0, 0.1) is 17.3 Å². The number of fused-ring (bicyclic) bond motifs is 1. The van der Waals surface area contributed by atoms with Gasteiger partial charge in [-0.25, -0.2) is 19.6 Å². The zero-order valence-corrected chi connectivity index (χ0v) is 38.0. The monoisotopic (exact) mass is 852 g/mol. The van der Waals surface area contributed by atoms with Crippen LogP contribution in [0.3, 0.4) is 0 Å². The number of ether oxygens (including phenoxy) is 6. The van der Waals surface area contributed by atoms with Gasteiger partial charge in [0.1, 0.15) is 18.3 Å². The van der Waals surface area contributed by atoms with Gasteiger partial charge in [-0.05, 0) is 98.5 Å². The molecule has 15 nitrogen and oxygen atoms in total. The summed E-state index contributed by atoms with van der Waals surface area (Å²) in [7, 11) is 5.47. The molecule has 1 aromatic heterocycles. The Morgan fingerprint density at radius 2 is 1.80 bits per heavy atom. The van der Waals surface area contributed by atoms with E-state index >= 15 is 0 Å². The largest absolute Gasteiger partial charge is 0.463 e. The van der Waals surface area contributed by atoms with Crippen LogP contribution in [0.5, 0.6) is 0 Å². The van der Waals surface area contributed by atoms with Crippen LogP contribution in [0.4, 0.5) is 4.79 Å². The summed E-state index contributed by atoms with van der Waals surface area (Å²) < 4.78 is 37.9. The first-order chi connectivity index (χ1) is 29.0. The Kier molecular flexibility index (Phi) is 16.8. The highest BCUT2D eigenvalue weighted by atomic mass is 16.7. The average Bonchev–Trinajstić information content (AvgIpc) is 3.24. The number of amides is 1. The second kappa shape index (κ2) is 21.4. The minimum atomic E-state index is -1.55. The van der Waals surface area contributed by atoms with Gasteiger partial charge >= 0.3 is 18.0 Å². The lowest BCUT2D eigenvalue weighted by Crippen LogP contribution is -2.60. The minimum Gasteiger partial charge on any atom is -0.463 e. The molecule has 0 saturated carbocycles. The van der Waals surface area contributed by atoms with Crippen LogP contribution in [-0.4, -0.2) is 145 Å². The molecule has 4 heterocycles. The average molecular weight is 852 g/mol. The number of likely N-dealkylation sites (N-methyl/N-ethyl adjacent to an activating group) is 1. The number of esters is 2. The van der Waals surface area contributed by atoms with Crippen molar-refractivity contribution < 1.29 is 47.6 Å². The lowest BCUT2D eigenvalue weighted by molar-refractivity contribution is -0.295. The summed E-state index contributed by atoms with van der Waals surface area (Å²) in [5.41, 5.74) is -0.338. The van der Waals surface area contributed by atoms with Gasteiger partial charge < -0.3 is 38.2 Å². The maximum Gasteiger partial charge on any atom is 0.410 e. The molecule has 0 bridgehead atoms. The Morgan fingerprint density at radius 3 is 2.49 bits per heavy atom. The van der Waals surface area contributed by atoms with Crippen molar-refractivity contribution in [2.75, 3.05) is 54.1 Å². The third-order valence-electron chi connectivity index (χ3n) is 12.6. The van der Waals surface area contributed by atoms with E-state index in [1.54, 1.807) is 63.2 Å². The van der Waals surface area contributed by atoms with Crippen LogP contribution in [0.1, 0.15) is 102 Å². The molecule has 2 aromatic rings. The molecular formula is C46H69N5O10. The Balaban J connectivity index is 1.37. The quantitative estimate of drug-likeness (QED) is 0.110. The molecule has 1 amide bonds. The van der Waals surface area contributed by atoms with E-state index in [4.69, 9.17) is 28.4 Å². The van der Waals surface area contributed by atoms with E-state index < -0.39 is 47.4 Å². The molecule has 0 unspecified atom stereocenters. The van der Waals surface area contributed by atoms with Crippen LogP contribution < -0.4 is 0 Å². The molecule has 61 heavy (non-hydrogen) atoms. The number of nitrogens with zero attached hydrogens (tertiary/aromatic N) is 5. The molecule has 9 atom stereocenters. The number of cyclic esters (lactones) is 1. The highest BCUT2D eigenvalue weighted by Gasteiger charge is 2.52. The number of aromatic nitrogens is 2. The summed E-state index contributed by atoms with van der Waals surface area (Å²) in [5, 5.41) is 0. The minimum absolute atomic E-state index is 0.0214. The molecule has 0 aliphatic carbocycles. The molecule has 1 aromatic carbocycles. The van der Waals surface area contributed by atoms with Gasteiger partial charge in [-0.2, -0.15) is 0 Å². The van der Waals surface area contributed by atoms with Gasteiger partial charge in [-0.1, -0.05) is 39.0 Å². The summed E-state index contributed by atoms with van der Waals surface area (Å²) >= 11 is 0. The zero-order chi connectivity index (χ0) is 44.5. The lowest BCUT2D eigenvalue weighted by Gasteiger charge is -2.48. The molecule has 338 valence electrons. The van der Waals surface area contributed by atoms with Crippen molar-refractivity contribution in [3.05, 3.63) is 59.7 Å². The molecule has 3 aliphatic heterocycles. The van der Waals surface area contributed by atoms with Crippen molar-refractivity contribution in [3.63, 3.8) is 0 Å². The van der Waals surface area contributed by atoms with Crippen molar-refractivity contribution in [3.8, 4) is 0 Å². The number of ketones is 1. The number of methoxy groups -OCH3 is 1. The molecule has 0 N–H and O–H groups in total. The standard InChI is InChI=1S/C46H69N5O10/c1-11-20-50-26-30(2)24-46(7,56-10)40(61-42-38(37(49(8)9)23-31(3)59-42)60-41(53)33-16-13-12-14-17-33)32(4)39(52)45(5,6)43(54)58-28-35(50)18-15-22-57-44(55)51-21-19-36-34(27-51)25-47-29-48-36/h12-14,16-17,25,29-32,35,37-38,40,42H,11,15,18-24,26-28H2,1-10H3/t30-,31-,32+,35-,37+,38-,40-,42+,46-/m1/s1. The summed E-state index contributed by atoms with van der Waals surface area (Å²) in [6.07, 6.45) is 3.49. The predicted molar refractivity (Wildman–Crippen MR) is 227 cm³/mol. The first-order valence-corrected chi connectivity index (χ1v) is 21.9. The van der Waals surface area contributed by atoms with E-state index in [1.165, 1.54) is 6.33 Å². The first-order valence-electron chi connectivity index (χ1n) is 21.9. The SMILES string of the molecule is CCCN1C[C@H](C)C[C@@](C)(OC)[C@H](O[C@@H]2O[C@H](C)C[C@H](N(C)C)[C@H]2OC(=O)c2ccccc2)[C@@H](C)C(=O)C(C)(C)C(=O)OC[C@H]1CCCOC(=O)N1CCc2ncncc2C1. The highest BCUT2D eigenvalue weighted by molar-refractivity contribution is 6.04. The van der Waals surface area contributed by atoms with Gasteiger partial charge in [0.25, 0.3) is 0 Å². The van der Waals surface area contributed by atoms with Gasteiger partial charge in [-0.15, -0.1) is 0 Å². The summed E-state index contributed by atoms with van der Waals surface area (Å²) in [6.45, 7) is 15.7. The molecular weight excluding hydrogens is 783 g/mol. The van der Waals surface area contributed by atoms with Crippen LogP contribution in [0.15, 0.2) is 42.9 Å². The number of hydrogen-bond donors (Lipinski definition) is 0. The van der Waals surface area contributed by atoms with E-state index in [2.05, 4.69) is 28.7 Å². The fraction of sp³-hybridized carbons (Fsp3) is 0.696. The second-order valence-corrected chi connectivity index (χ2v) is 18.1. The third kappa shape index (κ3) is 11.9. The Morgan fingerprint density at radius 1 is 1.07 bits per heavy atom. The van der Waals surface area contributed by atoms with E-state index in [0.717, 1.165) is 24.2 Å². The lowest BCUT2D eigenvalue weighted by atomic mass is 9.74. The van der Waals surface area contributed by atoms with Crippen molar-refractivity contribution in [2.24, 2.45) is 17.3 Å². The summed E-state index contributed by atoms with van der Waals surface area (Å²) in [6, 6.07) is 8.32. The van der Waals surface area contributed by atoms with Gasteiger partial charge in [-0.3, -0.25) is 14.5 Å². The fourth-order valence-corrected chi connectivity index (χ4v) is 9.17. The number of carbonyl (C=O) groups is 4.